The number of anilines is 1. The Balaban J connectivity index is 1.80. The monoisotopic (exact) mass is 395 g/mol. The van der Waals surface area contributed by atoms with Crippen molar-refractivity contribution in [3.63, 3.8) is 0 Å². The predicted octanol–water partition coefficient (Wildman–Crippen LogP) is 3.74. The normalized spacial score (nSPS) is 12.0. The number of amides is 1. The molecule has 3 rings (SSSR count). The van der Waals surface area contributed by atoms with E-state index in [0.29, 0.717) is 33.9 Å². The Hall–Kier alpha value is -2.93. The molecule has 2 aromatic carbocycles. The van der Waals surface area contributed by atoms with E-state index in [0.717, 1.165) is 0 Å². The van der Waals surface area contributed by atoms with Gasteiger partial charge in [-0.1, -0.05) is 23.9 Å². The summed E-state index contributed by atoms with van der Waals surface area (Å²) in [5.41, 5.74) is 1.71. The van der Waals surface area contributed by atoms with E-state index in [2.05, 4.69) is 10.3 Å². The highest BCUT2D eigenvalue weighted by molar-refractivity contribution is 8.00. The zero-order valence-corrected chi connectivity index (χ0v) is 16.7. The van der Waals surface area contributed by atoms with Gasteiger partial charge in [-0.25, -0.2) is 4.98 Å². The Labute approximate surface area is 167 Å². The SMILES string of the molecule is CCn1c(SC(C)C(=O)Nc2ccc(C(C)=O)cc2)nc2ccccc2c1=O. The van der Waals surface area contributed by atoms with E-state index >= 15 is 0 Å². The van der Waals surface area contributed by atoms with E-state index < -0.39 is 5.25 Å². The van der Waals surface area contributed by atoms with E-state index in [1.54, 1.807) is 47.9 Å². The second-order valence-corrected chi connectivity index (χ2v) is 7.65. The highest BCUT2D eigenvalue weighted by atomic mass is 32.2. The minimum Gasteiger partial charge on any atom is -0.325 e. The van der Waals surface area contributed by atoms with Crippen molar-refractivity contribution >= 4 is 40.0 Å². The number of ketones is 1. The average Bonchev–Trinajstić information content (AvgIpc) is 2.68. The molecule has 6 nitrogen and oxygen atoms in total. The molecule has 1 unspecified atom stereocenters. The molecule has 0 bridgehead atoms. The topological polar surface area (TPSA) is 81.1 Å². The molecule has 0 radical (unpaired) electrons. The first kappa shape index (κ1) is 19.8. The molecule has 1 amide bonds. The van der Waals surface area contributed by atoms with Gasteiger partial charge in [0.2, 0.25) is 5.91 Å². The number of nitrogens with zero attached hydrogens (tertiary/aromatic N) is 2. The summed E-state index contributed by atoms with van der Waals surface area (Å²) in [5, 5.41) is 3.45. The zero-order valence-electron chi connectivity index (χ0n) is 15.9. The first-order chi connectivity index (χ1) is 13.4. The van der Waals surface area contributed by atoms with Gasteiger partial charge in [-0.3, -0.25) is 19.0 Å². The van der Waals surface area contributed by atoms with Crippen molar-refractivity contribution in [3.8, 4) is 0 Å². The van der Waals surface area contributed by atoms with E-state index in [9.17, 15) is 14.4 Å². The fourth-order valence-electron chi connectivity index (χ4n) is 2.76. The van der Waals surface area contributed by atoms with Gasteiger partial charge in [-0.05, 0) is 57.2 Å². The van der Waals surface area contributed by atoms with Crippen LogP contribution in [0.25, 0.3) is 10.9 Å². The van der Waals surface area contributed by atoms with Gasteiger partial charge in [0.1, 0.15) is 0 Å². The lowest BCUT2D eigenvalue weighted by atomic mass is 10.1. The molecule has 1 aromatic heterocycles. The molecule has 0 fully saturated rings. The standard InChI is InChI=1S/C21H21N3O3S/c1-4-24-20(27)17-7-5-6-8-18(17)23-21(24)28-14(3)19(26)22-16-11-9-15(10-12-16)13(2)25/h5-12,14H,4H2,1-3H3,(H,22,26). The van der Waals surface area contributed by atoms with Gasteiger partial charge < -0.3 is 5.32 Å². The summed E-state index contributed by atoms with van der Waals surface area (Å²) in [6.45, 7) is 5.62. The number of carbonyl (C=O) groups is 2. The van der Waals surface area contributed by atoms with Crippen LogP contribution in [0.15, 0.2) is 58.5 Å². The fraction of sp³-hybridized carbons (Fsp3) is 0.238. The van der Waals surface area contributed by atoms with Gasteiger partial charge in [0.25, 0.3) is 5.56 Å². The third kappa shape index (κ3) is 4.14. The van der Waals surface area contributed by atoms with Crippen LogP contribution in [0.2, 0.25) is 0 Å². The molecule has 0 spiro atoms. The first-order valence-corrected chi connectivity index (χ1v) is 9.86. The number of benzene rings is 2. The molecule has 7 heteroatoms. The van der Waals surface area contributed by atoms with Crippen molar-refractivity contribution in [3.05, 3.63) is 64.4 Å². The largest absolute Gasteiger partial charge is 0.325 e. The van der Waals surface area contributed by atoms with Crippen molar-refractivity contribution < 1.29 is 9.59 Å². The molecule has 0 saturated heterocycles. The van der Waals surface area contributed by atoms with Gasteiger partial charge in [0.05, 0.1) is 16.2 Å². The number of thioether (sulfide) groups is 1. The summed E-state index contributed by atoms with van der Waals surface area (Å²) in [6.07, 6.45) is 0. The van der Waals surface area contributed by atoms with Gasteiger partial charge in [-0.2, -0.15) is 0 Å². The van der Waals surface area contributed by atoms with Crippen molar-refractivity contribution in [1.82, 2.24) is 9.55 Å². The van der Waals surface area contributed by atoms with Gasteiger partial charge in [0, 0.05) is 17.8 Å². The van der Waals surface area contributed by atoms with Crippen LogP contribution in [0, 0.1) is 0 Å². The van der Waals surface area contributed by atoms with E-state index in [1.165, 1.54) is 18.7 Å². The average molecular weight is 395 g/mol. The van der Waals surface area contributed by atoms with E-state index in [4.69, 9.17) is 0 Å². The van der Waals surface area contributed by atoms with Crippen LogP contribution in [0.5, 0.6) is 0 Å². The van der Waals surface area contributed by atoms with E-state index in [-0.39, 0.29) is 17.2 Å². The minimum atomic E-state index is -0.460. The summed E-state index contributed by atoms with van der Waals surface area (Å²) < 4.78 is 1.58. The number of hydrogen-bond donors (Lipinski definition) is 1. The van der Waals surface area contributed by atoms with Gasteiger partial charge in [-0.15, -0.1) is 0 Å². The third-order valence-electron chi connectivity index (χ3n) is 4.35. The molecule has 0 aliphatic carbocycles. The van der Waals surface area contributed by atoms with Crippen LogP contribution in [-0.2, 0) is 11.3 Å². The Morgan fingerprint density at radius 1 is 1.14 bits per heavy atom. The number of nitrogens with one attached hydrogen (secondary N) is 1. The predicted molar refractivity (Wildman–Crippen MR) is 112 cm³/mol. The Bertz CT molecular complexity index is 1090. The molecule has 0 aliphatic rings. The summed E-state index contributed by atoms with van der Waals surface area (Å²) in [7, 11) is 0. The number of rotatable bonds is 6. The van der Waals surface area contributed by atoms with Crippen molar-refractivity contribution in [1.29, 1.82) is 0 Å². The maximum absolute atomic E-state index is 12.7. The molecule has 3 aromatic rings. The van der Waals surface area contributed by atoms with Crippen LogP contribution >= 0.6 is 11.8 Å². The minimum absolute atomic E-state index is 0.0262. The van der Waals surface area contributed by atoms with E-state index in [1.807, 2.05) is 19.1 Å². The number of para-hydroxylation sites is 1. The molecule has 0 aliphatic heterocycles. The number of carbonyl (C=O) groups excluding carboxylic acids is 2. The lowest BCUT2D eigenvalue weighted by Gasteiger charge is -2.15. The fourth-order valence-corrected chi connectivity index (χ4v) is 3.73. The molecule has 1 N–H and O–H groups in total. The van der Waals surface area contributed by atoms with Crippen LogP contribution in [0.1, 0.15) is 31.1 Å². The molecule has 1 heterocycles. The van der Waals surface area contributed by atoms with Crippen molar-refractivity contribution in [2.45, 2.75) is 37.7 Å². The second kappa shape index (κ2) is 8.39. The summed E-state index contributed by atoms with van der Waals surface area (Å²) in [6, 6.07) is 13.9. The number of hydrogen-bond acceptors (Lipinski definition) is 5. The highest BCUT2D eigenvalue weighted by Crippen LogP contribution is 2.23. The molecular weight excluding hydrogens is 374 g/mol. The van der Waals surface area contributed by atoms with Crippen LogP contribution in [0.4, 0.5) is 5.69 Å². The van der Waals surface area contributed by atoms with Crippen LogP contribution in [0.3, 0.4) is 0 Å². The Morgan fingerprint density at radius 2 is 1.82 bits per heavy atom. The Morgan fingerprint density at radius 3 is 2.46 bits per heavy atom. The van der Waals surface area contributed by atoms with Crippen LogP contribution in [-0.4, -0.2) is 26.5 Å². The van der Waals surface area contributed by atoms with Crippen molar-refractivity contribution in [2.24, 2.45) is 0 Å². The van der Waals surface area contributed by atoms with Gasteiger partial charge >= 0.3 is 0 Å². The molecule has 1 atom stereocenters. The molecule has 28 heavy (non-hydrogen) atoms. The first-order valence-electron chi connectivity index (χ1n) is 8.98. The lowest BCUT2D eigenvalue weighted by Crippen LogP contribution is -2.26. The second-order valence-electron chi connectivity index (χ2n) is 6.34. The third-order valence-corrected chi connectivity index (χ3v) is 5.44. The Kier molecular flexibility index (Phi) is 5.94. The summed E-state index contributed by atoms with van der Waals surface area (Å²) >= 11 is 1.24. The maximum atomic E-state index is 12.7. The van der Waals surface area contributed by atoms with Crippen LogP contribution < -0.4 is 10.9 Å². The number of aromatic nitrogens is 2. The lowest BCUT2D eigenvalue weighted by molar-refractivity contribution is -0.115. The number of Topliss-reactive ketones (excluding diaryl/α,β-unsaturated/α-hetero) is 1. The molecular formula is C21H21N3O3S. The summed E-state index contributed by atoms with van der Waals surface area (Å²) in [5.74, 6) is -0.229. The maximum Gasteiger partial charge on any atom is 0.262 e. The smallest absolute Gasteiger partial charge is 0.262 e. The quantitative estimate of drug-likeness (QED) is 0.391. The molecule has 144 valence electrons. The van der Waals surface area contributed by atoms with Gasteiger partial charge in [0.15, 0.2) is 10.9 Å². The zero-order chi connectivity index (χ0) is 20.3. The highest BCUT2D eigenvalue weighted by Gasteiger charge is 2.19. The number of fused-ring (bicyclic) bond motifs is 1. The summed E-state index contributed by atoms with van der Waals surface area (Å²) in [4.78, 5) is 41.2. The van der Waals surface area contributed by atoms with Crippen molar-refractivity contribution in [2.75, 3.05) is 5.32 Å². The molecule has 0 saturated carbocycles.